The predicted molar refractivity (Wildman–Crippen MR) is 74.0 cm³/mol. The number of aromatic nitrogens is 2. The molecular weight excluding hydrogens is 226 g/mol. The van der Waals surface area contributed by atoms with Gasteiger partial charge in [0.25, 0.3) is 0 Å². The topological polar surface area (TPSA) is 49.9 Å². The number of benzene rings is 1. The largest absolute Gasteiger partial charge is 0.491 e. The van der Waals surface area contributed by atoms with Crippen LogP contribution >= 0.6 is 0 Å². The third-order valence-corrected chi connectivity index (χ3v) is 2.47. The lowest BCUT2D eigenvalue weighted by Crippen LogP contribution is -2.05. The monoisotopic (exact) mass is 245 g/mol. The minimum atomic E-state index is 0.198. The zero-order valence-corrected chi connectivity index (χ0v) is 11.0. The van der Waals surface area contributed by atoms with E-state index in [0.717, 1.165) is 29.4 Å². The molecule has 0 aliphatic carbocycles. The first-order chi connectivity index (χ1) is 8.69. The lowest BCUT2D eigenvalue weighted by Gasteiger charge is -2.09. The summed E-state index contributed by atoms with van der Waals surface area (Å²) in [5.41, 5.74) is 2.10. The van der Waals surface area contributed by atoms with Crippen molar-refractivity contribution in [1.29, 1.82) is 0 Å². The number of nitrogens with one attached hydrogen (secondary N) is 2. The summed E-state index contributed by atoms with van der Waals surface area (Å²) in [5.74, 6) is 1.76. The van der Waals surface area contributed by atoms with Crippen LogP contribution in [0.1, 0.15) is 20.8 Å². The van der Waals surface area contributed by atoms with E-state index in [1.54, 1.807) is 0 Å². The maximum Gasteiger partial charge on any atom is 0.148 e. The summed E-state index contributed by atoms with van der Waals surface area (Å²) in [5, 5.41) is 10.4. The van der Waals surface area contributed by atoms with Crippen molar-refractivity contribution in [1.82, 2.24) is 10.2 Å². The van der Waals surface area contributed by atoms with E-state index in [1.807, 2.05) is 51.1 Å². The number of hydrogen-bond donors (Lipinski definition) is 2. The van der Waals surface area contributed by atoms with Gasteiger partial charge in [-0.3, -0.25) is 5.10 Å². The fraction of sp³-hybridized carbons (Fsp3) is 0.357. The third-order valence-electron chi connectivity index (χ3n) is 2.47. The second kappa shape index (κ2) is 5.58. The molecule has 0 radical (unpaired) electrons. The predicted octanol–water partition coefficient (Wildman–Crippen LogP) is 3.30. The zero-order valence-electron chi connectivity index (χ0n) is 11.0. The molecule has 2 rings (SSSR count). The highest BCUT2D eigenvalue weighted by Gasteiger charge is 2.03. The molecule has 0 fully saturated rings. The van der Waals surface area contributed by atoms with Crippen LogP contribution in [0.15, 0.2) is 30.3 Å². The van der Waals surface area contributed by atoms with Gasteiger partial charge in [0.05, 0.1) is 11.8 Å². The third kappa shape index (κ3) is 3.03. The highest BCUT2D eigenvalue weighted by Crippen LogP contribution is 2.23. The second-order valence-electron chi connectivity index (χ2n) is 4.39. The normalized spacial score (nSPS) is 10.7. The SMILES string of the molecule is CCNc1cc(-c2ccc(OC(C)C)cc2)[nH]n1. The molecule has 4 nitrogen and oxygen atoms in total. The molecule has 96 valence electrons. The van der Waals surface area contributed by atoms with Crippen LogP contribution in [0.2, 0.25) is 0 Å². The molecule has 1 aromatic heterocycles. The summed E-state index contributed by atoms with van der Waals surface area (Å²) >= 11 is 0. The molecule has 1 aromatic carbocycles. The van der Waals surface area contributed by atoms with Gasteiger partial charge in [0.2, 0.25) is 0 Å². The van der Waals surface area contributed by atoms with Crippen molar-refractivity contribution >= 4 is 5.82 Å². The Bertz CT molecular complexity index is 488. The Kier molecular flexibility index (Phi) is 3.87. The van der Waals surface area contributed by atoms with Crippen LogP contribution < -0.4 is 10.1 Å². The van der Waals surface area contributed by atoms with Gasteiger partial charge < -0.3 is 10.1 Å². The molecule has 0 aliphatic rings. The van der Waals surface area contributed by atoms with Crippen LogP contribution in [0.4, 0.5) is 5.82 Å². The average molecular weight is 245 g/mol. The van der Waals surface area contributed by atoms with Crippen molar-refractivity contribution in [2.45, 2.75) is 26.9 Å². The molecule has 0 saturated heterocycles. The zero-order chi connectivity index (χ0) is 13.0. The molecule has 2 aromatic rings. The highest BCUT2D eigenvalue weighted by molar-refractivity contribution is 5.63. The fourth-order valence-electron chi connectivity index (χ4n) is 1.73. The Morgan fingerprint density at radius 3 is 2.61 bits per heavy atom. The van der Waals surface area contributed by atoms with Crippen molar-refractivity contribution in [3.05, 3.63) is 30.3 Å². The van der Waals surface area contributed by atoms with Crippen LogP contribution in [0.25, 0.3) is 11.3 Å². The summed E-state index contributed by atoms with van der Waals surface area (Å²) in [7, 11) is 0. The molecule has 18 heavy (non-hydrogen) atoms. The lowest BCUT2D eigenvalue weighted by atomic mass is 10.1. The van der Waals surface area contributed by atoms with E-state index >= 15 is 0 Å². The fourth-order valence-corrected chi connectivity index (χ4v) is 1.73. The van der Waals surface area contributed by atoms with E-state index in [2.05, 4.69) is 15.5 Å². The Morgan fingerprint density at radius 1 is 1.28 bits per heavy atom. The molecule has 2 N–H and O–H groups in total. The second-order valence-corrected chi connectivity index (χ2v) is 4.39. The summed E-state index contributed by atoms with van der Waals surface area (Å²) in [6, 6.07) is 10.0. The quantitative estimate of drug-likeness (QED) is 0.849. The van der Waals surface area contributed by atoms with Crippen molar-refractivity contribution in [2.75, 3.05) is 11.9 Å². The standard InChI is InChI=1S/C14H19N3O/c1-4-15-14-9-13(16-17-14)11-5-7-12(8-6-11)18-10(2)3/h5-10H,4H2,1-3H3,(H2,15,16,17). The van der Waals surface area contributed by atoms with Gasteiger partial charge in [-0.2, -0.15) is 5.10 Å². The van der Waals surface area contributed by atoms with Crippen molar-refractivity contribution in [3.8, 4) is 17.0 Å². The summed E-state index contributed by atoms with van der Waals surface area (Å²) < 4.78 is 5.61. The molecular formula is C14H19N3O. The molecule has 1 heterocycles. The van der Waals surface area contributed by atoms with E-state index in [-0.39, 0.29) is 6.10 Å². The average Bonchev–Trinajstić information content (AvgIpc) is 2.78. The minimum absolute atomic E-state index is 0.198. The van der Waals surface area contributed by atoms with Gasteiger partial charge in [0, 0.05) is 12.6 Å². The molecule has 0 spiro atoms. The summed E-state index contributed by atoms with van der Waals surface area (Å²) in [6.07, 6.45) is 0.198. The van der Waals surface area contributed by atoms with Gasteiger partial charge in [-0.05, 0) is 50.6 Å². The van der Waals surface area contributed by atoms with Gasteiger partial charge in [-0.25, -0.2) is 0 Å². The van der Waals surface area contributed by atoms with Crippen molar-refractivity contribution in [2.24, 2.45) is 0 Å². The van der Waals surface area contributed by atoms with E-state index in [1.165, 1.54) is 0 Å². The number of aromatic amines is 1. The first-order valence-electron chi connectivity index (χ1n) is 6.25. The maximum atomic E-state index is 5.61. The molecule has 4 heteroatoms. The number of nitrogens with zero attached hydrogens (tertiary/aromatic N) is 1. The number of hydrogen-bond acceptors (Lipinski definition) is 3. The van der Waals surface area contributed by atoms with E-state index in [4.69, 9.17) is 4.74 Å². The number of anilines is 1. The Morgan fingerprint density at radius 2 is 2.00 bits per heavy atom. The van der Waals surface area contributed by atoms with Gasteiger partial charge in [0.1, 0.15) is 11.6 Å². The number of H-pyrrole nitrogens is 1. The first-order valence-corrected chi connectivity index (χ1v) is 6.25. The molecule has 0 bridgehead atoms. The van der Waals surface area contributed by atoms with Crippen molar-refractivity contribution in [3.63, 3.8) is 0 Å². The van der Waals surface area contributed by atoms with Gasteiger partial charge in [-0.1, -0.05) is 0 Å². The minimum Gasteiger partial charge on any atom is -0.491 e. The van der Waals surface area contributed by atoms with Crippen molar-refractivity contribution < 1.29 is 4.74 Å². The van der Waals surface area contributed by atoms with E-state index in [0.29, 0.717) is 0 Å². The number of rotatable bonds is 5. The molecule has 0 atom stereocenters. The van der Waals surface area contributed by atoms with Crippen LogP contribution in [-0.2, 0) is 0 Å². The van der Waals surface area contributed by atoms with Crippen LogP contribution in [-0.4, -0.2) is 22.8 Å². The lowest BCUT2D eigenvalue weighted by molar-refractivity contribution is 0.242. The molecule has 0 amide bonds. The smallest absolute Gasteiger partial charge is 0.148 e. The van der Waals surface area contributed by atoms with Gasteiger partial charge >= 0.3 is 0 Å². The first kappa shape index (κ1) is 12.5. The molecule has 0 aliphatic heterocycles. The van der Waals surface area contributed by atoms with Crippen LogP contribution in [0, 0.1) is 0 Å². The molecule has 0 unspecified atom stereocenters. The van der Waals surface area contributed by atoms with Gasteiger partial charge in [-0.15, -0.1) is 0 Å². The number of ether oxygens (including phenoxy) is 1. The maximum absolute atomic E-state index is 5.61. The van der Waals surface area contributed by atoms with E-state index in [9.17, 15) is 0 Å². The van der Waals surface area contributed by atoms with E-state index < -0.39 is 0 Å². The van der Waals surface area contributed by atoms with Crippen LogP contribution in [0.5, 0.6) is 5.75 Å². The summed E-state index contributed by atoms with van der Waals surface area (Å²) in [6.45, 7) is 6.95. The molecule has 0 saturated carbocycles. The Labute approximate surface area is 107 Å². The Hall–Kier alpha value is -1.97. The highest BCUT2D eigenvalue weighted by atomic mass is 16.5. The van der Waals surface area contributed by atoms with Crippen LogP contribution in [0.3, 0.4) is 0 Å². The summed E-state index contributed by atoms with van der Waals surface area (Å²) in [4.78, 5) is 0. The van der Waals surface area contributed by atoms with Gasteiger partial charge in [0.15, 0.2) is 0 Å². The Balaban J connectivity index is 2.12.